The van der Waals surface area contributed by atoms with E-state index in [-0.39, 0.29) is 13.4 Å². The fourth-order valence-electron chi connectivity index (χ4n) is 14.0. The average Bonchev–Trinajstić information content (AvgIpc) is 0.971. The van der Waals surface area contributed by atoms with Crippen molar-refractivity contribution in [2.75, 3.05) is 24.5 Å². The number of fused-ring (bicyclic) bond motifs is 8. The highest BCUT2D eigenvalue weighted by Gasteiger charge is 2.48. The normalized spacial score (nSPS) is 13.0. The zero-order valence-electron chi connectivity index (χ0n) is 47.3. The molecule has 0 atom stereocenters. The summed E-state index contributed by atoms with van der Waals surface area (Å²) in [6.07, 6.45) is 0. The summed E-state index contributed by atoms with van der Waals surface area (Å²) >= 11 is 0. The Morgan fingerprint density at radius 1 is 0.274 bits per heavy atom. The van der Waals surface area contributed by atoms with E-state index in [0.29, 0.717) is 0 Å². The molecule has 0 saturated heterocycles. The highest BCUT2D eigenvalue weighted by Crippen LogP contribution is 2.52. The molecule has 4 heterocycles. The van der Waals surface area contributed by atoms with Gasteiger partial charge in [0.15, 0.2) is 0 Å². The van der Waals surface area contributed by atoms with E-state index in [1.54, 1.807) is 0 Å². The summed E-state index contributed by atoms with van der Waals surface area (Å²) in [6.45, 7) is 8.55. The third kappa shape index (κ3) is 7.67. The second kappa shape index (κ2) is 19.6. The topological polar surface area (TPSA) is 25.4 Å². The second-order valence-electron chi connectivity index (χ2n) is 22.6. The van der Waals surface area contributed by atoms with Crippen LogP contribution < -0.4 is 62.0 Å². The maximum Gasteiger partial charge on any atom is 0.256 e. The lowest BCUT2D eigenvalue weighted by atomic mass is 9.30. The van der Waals surface area contributed by atoms with E-state index >= 15 is 0 Å². The largest absolute Gasteiger partial charge is 0.458 e. The van der Waals surface area contributed by atoms with Crippen molar-refractivity contribution >= 4 is 132 Å². The van der Waals surface area contributed by atoms with Crippen LogP contribution in [0.3, 0.4) is 0 Å². The van der Waals surface area contributed by atoms with Crippen LogP contribution in [0.25, 0.3) is 0 Å². The van der Waals surface area contributed by atoms with E-state index in [9.17, 15) is 0 Å². The van der Waals surface area contributed by atoms with Gasteiger partial charge in [-0.05, 0) is 180 Å². The van der Waals surface area contributed by atoms with Gasteiger partial charge in [-0.1, -0.05) is 170 Å². The van der Waals surface area contributed by atoms with Crippen molar-refractivity contribution in [3.63, 3.8) is 0 Å². The molecule has 4 aliphatic rings. The molecule has 0 unspecified atom stereocenters. The van der Waals surface area contributed by atoms with E-state index in [2.05, 4.69) is 325 Å². The van der Waals surface area contributed by atoms with Crippen molar-refractivity contribution in [2.24, 2.45) is 0 Å². The number of hydrogen-bond donors (Lipinski definition) is 0. The van der Waals surface area contributed by atoms with Gasteiger partial charge < -0.3 is 29.2 Å². The summed E-state index contributed by atoms with van der Waals surface area (Å²) in [4.78, 5) is 12.5. The fraction of sp³-hybridized carbons (Fsp3) is 0.0526. The Hall–Kier alpha value is -10.4. The monoisotopic (exact) mass is 1080 g/mol. The molecule has 16 rings (SSSR count). The Bertz CT molecular complexity index is 4500. The highest BCUT2D eigenvalue weighted by molar-refractivity contribution is 7.02. The maximum atomic E-state index is 7.29. The molecule has 0 aromatic heterocycles. The van der Waals surface area contributed by atoms with E-state index in [4.69, 9.17) is 4.74 Å². The minimum atomic E-state index is -0.163. The molecular formula is C76H57B2N5O. The lowest BCUT2D eigenvalue weighted by Crippen LogP contribution is -2.64. The molecule has 398 valence electrons. The van der Waals surface area contributed by atoms with Crippen LogP contribution in [0.15, 0.2) is 273 Å². The van der Waals surface area contributed by atoms with E-state index < -0.39 is 0 Å². The molecule has 8 heteroatoms. The van der Waals surface area contributed by atoms with Gasteiger partial charge in [0.2, 0.25) is 0 Å². The molecule has 6 nitrogen and oxygen atoms in total. The van der Waals surface area contributed by atoms with Gasteiger partial charge in [0.1, 0.15) is 11.5 Å². The van der Waals surface area contributed by atoms with Crippen LogP contribution in [-0.2, 0) is 0 Å². The van der Waals surface area contributed by atoms with Gasteiger partial charge in [-0.15, -0.1) is 0 Å². The van der Waals surface area contributed by atoms with Gasteiger partial charge in [-0.3, -0.25) is 0 Å². The standard InChI is InChI=1S/C76H57B2N5O/c1-50-26-14-20-38-63(50)82(64-39-21-15-27-51(64)2)57-44-70-75-71(45-57)80(55-32-10-6-11-33-55)68-49-69-62(48-61(68)77(75)59-36-18-24-42-67(59)79(70)54-30-8-5-9-31-54)78-60-37-19-25-43-73(60)84-74-47-58(46-72(76(74)78)81(69)56-34-12-7-13-35-56)83(65-40-22-16-28-52(65)3)66-41-23-17-29-53(66)4/h5-49H,1-4H3. The van der Waals surface area contributed by atoms with Gasteiger partial charge in [-0.2, -0.15) is 0 Å². The molecule has 0 bridgehead atoms. The van der Waals surface area contributed by atoms with Crippen LogP contribution in [0.1, 0.15) is 22.3 Å². The predicted octanol–water partition coefficient (Wildman–Crippen LogP) is 16.3. The van der Waals surface area contributed by atoms with Gasteiger partial charge in [0.25, 0.3) is 13.4 Å². The SMILES string of the molecule is Cc1ccccc1N(c1cc2c3c(c1)N(c1ccccc1)c1cc4c(cc1B3c1ccccc1O2)B1c2ccccc2N(c2ccccc2)c2cc(N(c3ccccc3C)c3ccccc3C)cc(c21)N4c1ccccc1)c1ccccc1C. The minimum Gasteiger partial charge on any atom is -0.458 e. The maximum absolute atomic E-state index is 7.29. The molecule has 0 fully saturated rings. The first-order valence-corrected chi connectivity index (χ1v) is 29.2. The second-order valence-corrected chi connectivity index (χ2v) is 22.6. The molecule has 12 aromatic carbocycles. The summed E-state index contributed by atoms with van der Waals surface area (Å²) in [5, 5.41) is 0. The third-order valence-corrected chi connectivity index (χ3v) is 17.7. The number of benzene rings is 12. The smallest absolute Gasteiger partial charge is 0.256 e. The Kier molecular flexibility index (Phi) is 11.5. The van der Waals surface area contributed by atoms with Crippen LogP contribution in [0.2, 0.25) is 0 Å². The fourth-order valence-corrected chi connectivity index (χ4v) is 14.0. The van der Waals surface area contributed by atoms with Crippen LogP contribution in [-0.4, -0.2) is 13.4 Å². The summed E-state index contributed by atoms with van der Waals surface area (Å²) in [6, 6.07) is 101. The van der Waals surface area contributed by atoms with Crippen LogP contribution in [0.5, 0.6) is 11.5 Å². The van der Waals surface area contributed by atoms with E-state index in [0.717, 1.165) is 108 Å². The summed E-state index contributed by atoms with van der Waals surface area (Å²) < 4.78 is 7.29. The molecule has 0 N–H and O–H groups in total. The lowest BCUT2D eigenvalue weighted by Gasteiger charge is -2.47. The molecule has 0 aliphatic carbocycles. The van der Waals surface area contributed by atoms with Crippen LogP contribution in [0.4, 0.5) is 85.3 Å². The molecule has 0 amide bonds. The number of rotatable bonds is 9. The van der Waals surface area contributed by atoms with Gasteiger partial charge in [0.05, 0.1) is 11.4 Å². The number of anilines is 15. The van der Waals surface area contributed by atoms with Crippen molar-refractivity contribution in [3.05, 3.63) is 295 Å². The average molecular weight is 1080 g/mol. The number of hydrogen-bond acceptors (Lipinski definition) is 6. The number of ether oxygens (including phenoxy) is 1. The zero-order chi connectivity index (χ0) is 56.2. The van der Waals surface area contributed by atoms with Crippen LogP contribution >= 0.6 is 0 Å². The van der Waals surface area contributed by atoms with Crippen molar-refractivity contribution in [3.8, 4) is 11.5 Å². The Balaban J connectivity index is 1.02. The van der Waals surface area contributed by atoms with Crippen molar-refractivity contribution in [1.29, 1.82) is 0 Å². The Morgan fingerprint density at radius 3 is 1.10 bits per heavy atom. The number of para-hydroxylation sites is 9. The van der Waals surface area contributed by atoms with E-state index in [1.165, 1.54) is 44.1 Å². The molecule has 4 aliphatic heterocycles. The Morgan fingerprint density at radius 2 is 0.631 bits per heavy atom. The molecule has 0 spiro atoms. The highest BCUT2D eigenvalue weighted by atomic mass is 16.5. The van der Waals surface area contributed by atoms with Gasteiger partial charge in [-0.25, -0.2) is 0 Å². The molecule has 84 heavy (non-hydrogen) atoms. The zero-order valence-corrected chi connectivity index (χ0v) is 47.3. The number of nitrogens with zero attached hydrogens (tertiary/aromatic N) is 5. The van der Waals surface area contributed by atoms with Gasteiger partial charge in [0, 0.05) is 80.0 Å². The van der Waals surface area contributed by atoms with Crippen molar-refractivity contribution in [1.82, 2.24) is 0 Å². The lowest BCUT2D eigenvalue weighted by molar-refractivity contribution is 0.487. The minimum absolute atomic E-state index is 0.147. The first-order valence-electron chi connectivity index (χ1n) is 29.2. The van der Waals surface area contributed by atoms with Gasteiger partial charge >= 0.3 is 0 Å². The van der Waals surface area contributed by atoms with Crippen molar-refractivity contribution < 1.29 is 4.74 Å². The third-order valence-electron chi connectivity index (χ3n) is 17.7. The van der Waals surface area contributed by atoms with Crippen LogP contribution in [0, 0.1) is 27.7 Å². The molecule has 12 aromatic rings. The first-order chi connectivity index (χ1) is 41.4. The summed E-state index contributed by atoms with van der Waals surface area (Å²) in [7, 11) is 0. The van der Waals surface area contributed by atoms with Crippen molar-refractivity contribution in [2.45, 2.75) is 27.7 Å². The summed E-state index contributed by atoms with van der Waals surface area (Å²) in [5.41, 5.74) is 28.6. The molecular weight excluding hydrogens is 1020 g/mol. The Labute approximate surface area is 492 Å². The van der Waals surface area contributed by atoms with E-state index in [1.807, 2.05) is 0 Å². The quantitative estimate of drug-likeness (QED) is 0.134. The predicted molar refractivity (Wildman–Crippen MR) is 355 cm³/mol. The molecule has 0 radical (unpaired) electrons. The number of aryl methyl sites for hydroxylation is 4. The first kappa shape index (κ1) is 49.4. The molecule has 0 saturated carbocycles. The summed E-state index contributed by atoms with van der Waals surface area (Å²) in [5.74, 6) is 1.72.